The number of primary amides is 1. The highest BCUT2D eigenvalue weighted by Crippen LogP contribution is 2.19. The third-order valence-corrected chi connectivity index (χ3v) is 4.82. The Balaban J connectivity index is 1.57. The first-order chi connectivity index (χ1) is 15.5. The molecule has 0 bridgehead atoms. The van der Waals surface area contributed by atoms with Crippen LogP contribution in [-0.4, -0.2) is 24.3 Å². The molecule has 3 amide bonds. The molecule has 0 saturated heterocycles. The number of hydrogen-bond acceptors (Lipinski definition) is 4. The number of amides is 3. The standard InChI is InChI=1S/C25H25N3O4/c1-2-18-9-3-5-12-21(18)28-23(29)15-27-25(31)19-10-7-8-17(14-19)16-32-22-13-6-4-11-20(22)24(26)30/h3-14H,2,15-16H2,1H3,(H2,26,30)(H,27,31)(H,28,29). The molecule has 3 aromatic carbocycles. The number of rotatable bonds is 9. The molecule has 0 aliphatic rings. The fourth-order valence-corrected chi connectivity index (χ4v) is 3.17. The van der Waals surface area contributed by atoms with Crippen LogP contribution in [0.1, 0.15) is 38.8 Å². The van der Waals surface area contributed by atoms with Crippen molar-refractivity contribution < 1.29 is 19.1 Å². The summed E-state index contributed by atoms with van der Waals surface area (Å²) in [6.07, 6.45) is 0.793. The van der Waals surface area contributed by atoms with Gasteiger partial charge in [0.25, 0.3) is 11.8 Å². The van der Waals surface area contributed by atoms with Gasteiger partial charge in [-0.3, -0.25) is 14.4 Å². The van der Waals surface area contributed by atoms with Gasteiger partial charge >= 0.3 is 0 Å². The van der Waals surface area contributed by atoms with Crippen LogP contribution in [0, 0.1) is 0 Å². The smallest absolute Gasteiger partial charge is 0.252 e. The normalized spacial score (nSPS) is 10.3. The minimum Gasteiger partial charge on any atom is -0.488 e. The molecule has 0 spiro atoms. The number of aryl methyl sites for hydroxylation is 1. The first-order valence-electron chi connectivity index (χ1n) is 10.2. The van der Waals surface area contributed by atoms with Gasteiger partial charge < -0.3 is 21.1 Å². The van der Waals surface area contributed by atoms with Crippen molar-refractivity contribution in [2.75, 3.05) is 11.9 Å². The van der Waals surface area contributed by atoms with E-state index in [4.69, 9.17) is 10.5 Å². The summed E-state index contributed by atoms with van der Waals surface area (Å²) in [5.74, 6) is -0.877. The molecule has 0 aromatic heterocycles. The lowest BCUT2D eigenvalue weighted by Gasteiger charge is -2.11. The molecule has 3 aromatic rings. The van der Waals surface area contributed by atoms with E-state index in [2.05, 4.69) is 10.6 Å². The van der Waals surface area contributed by atoms with Crippen LogP contribution >= 0.6 is 0 Å². The van der Waals surface area contributed by atoms with Crippen LogP contribution < -0.4 is 21.1 Å². The van der Waals surface area contributed by atoms with Crippen molar-refractivity contribution in [3.8, 4) is 5.75 Å². The number of nitrogens with two attached hydrogens (primary N) is 1. The summed E-state index contributed by atoms with van der Waals surface area (Å²) in [5, 5.41) is 5.45. The minimum absolute atomic E-state index is 0.149. The third-order valence-electron chi connectivity index (χ3n) is 4.82. The molecule has 0 unspecified atom stereocenters. The number of hydrogen-bond donors (Lipinski definition) is 3. The fourth-order valence-electron chi connectivity index (χ4n) is 3.17. The van der Waals surface area contributed by atoms with Gasteiger partial charge in [0.05, 0.1) is 12.1 Å². The maximum absolute atomic E-state index is 12.5. The van der Waals surface area contributed by atoms with Gasteiger partial charge in [0.2, 0.25) is 5.91 Å². The largest absolute Gasteiger partial charge is 0.488 e. The van der Waals surface area contributed by atoms with Crippen LogP contribution in [0.25, 0.3) is 0 Å². The molecule has 3 rings (SSSR count). The lowest BCUT2D eigenvalue weighted by atomic mass is 10.1. The van der Waals surface area contributed by atoms with E-state index in [0.717, 1.165) is 23.2 Å². The van der Waals surface area contributed by atoms with Gasteiger partial charge in [0, 0.05) is 11.3 Å². The maximum Gasteiger partial charge on any atom is 0.252 e. The van der Waals surface area contributed by atoms with Crippen LogP contribution in [0.5, 0.6) is 5.75 Å². The second kappa shape index (κ2) is 10.8. The Hall–Kier alpha value is -4.13. The zero-order valence-corrected chi connectivity index (χ0v) is 17.8. The van der Waals surface area contributed by atoms with E-state index in [1.807, 2.05) is 31.2 Å². The van der Waals surface area contributed by atoms with Crippen molar-refractivity contribution in [2.45, 2.75) is 20.0 Å². The predicted octanol–water partition coefficient (Wildman–Crippen LogP) is 3.30. The molecule has 164 valence electrons. The second-order valence-corrected chi connectivity index (χ2v) is 7.09. The van der Waals surface area contributed by atoms with Crippen LogP contribution in [0.3, 0.4) is 0 Å². The molecular formula is C25H25N3O4. The summed E-state index contributed by atoms with van der Waals surface area (Å²) in [6.45, 7) is 2.01. The Morgan fingerprint density at radius 2 is 1.69 bits per heavy atom. The monoisotopic (exact) mass is 431 g/mol. The van der Waals surface area contributed by atoms with Gasteiger partial charge in [0.1, 0.15) is 12.4 Å². The molecule has 0 atom stereocenters. The maximum atomic E-state index is 12.5. The van der Waals surface area contributed by atoms with Crippen LogP contribution in [-0.2, 0) is 17.8 Å². The second-order valence-electron chi connectivity index (χ2n) is 7.09. The molecule has 0 saturated carbocycles. The Kier molecular flexibility index (Phi) is 7.59. The number of carbonyl (C=O) groups is 3. The van der Waals surface area contributed by atoms with Crippen molar-refractivity contribution in [2.24, 2.45) is 5.73 Å². The van der Waals surface area contributed by atoms with Crippen LogP contribution in [0.4, 0.5) is 5.69 Å². The number of ether oxygens (including phenoxy) is 1. The average molecular weight is 431 g/mol. The highest BCUT2D eigenvalue weighted by molar-refractivity contribution is 5.99. The lowest BCUT2D eigenvalue weighted by Crippen LogP contribution is -2.33. The lowest BCUT2D eigenvalue weighted by molar-refractivity contribution is -0.115. The summed E-state index contributed by atoms with van der Waals surface area (Å²) in [4.78, 5) is 36.3. The molecule has 7 nitrogen and oxygen atoms in total. The zero-order chi connectivity index (χ0) is 22.9. The summed E-state index contributed by atoms with van der Waals surface area (Å²) < 4.78 is 5.71. The summed E-state index contributed by atoms with van der Waals surface area (Å²) in [7, 11) is 0. The van der Waals surface area contributed by atoms with E-state index in [1.165, 1.54) is 0 Å². The number of benzene rings is 3. The number of para-hydroxylation sites is 2. The first-order valence-corrected chi connectivity index (χ1v) is 10.2. The van der Waals surface area contributed by atoms with Gasteiger partial charge in [0.15, 0.2) is 0 Å². The highest BCUT2D eigenvalue weighted by atomic mass is 16.5. The van der Waals surface area contributed by atoms with Crippen LogP contribution in [0.2, 0.25) is 0 Å². The van der Waals surface area contributed by atoms with E-state index in [0.29, 0.717) is 11.3 Å². The van der Waals surface area contributed by atoms with E-state index >= 15 is 0 Å². The molecule has 0 heterocycles. The Bertz CT molecular complexity index is 1130. The SMILES string of the molecule is CCc1ccccc1NC(=O)CNC(=O)c1cccc(COc2ccccc2C(N)=O)c1. The van der Waals surface area contributed by atoms with Gasteiger partial charge in [-0.1, -0.05) is 49.4 Å². The average Bonchev–Trinajstić information content (AvgIpc) is 2.82. The Morgan fingerprint density at radius 3 is 2.47 bits per heavy atom. The summed E-state index contributed by atoms with van der Waals surface area (Å²) in [6, 6.07) is 21.1. The topological polar surface area (TPSA) is 111 Å². The highest BCUT2D eigenvalue weighted by Gasteiger charge is 2.12. The molecule has 7 heteroatoms. The predicted molar refractivity (Wildman–Crippen MR) is 123 cm³/mol. The zero-order valence-electron chi connectivity index (χ0n) is 17.8. The molecule has 0 aliphatic heterocycles. The molecule has 0 radical (unpaired) electrons. The molecular weight excluding hydrogens is 406 g/mol. The quantitative estimate of drug-likeness (QED) is 0.483. The number of anilines is 1. The van der Waals surface area contributed by atoms with Gasteiger partial charge in [-0.2, -0.15) is 0 Å². The Morgan fingerprint density at radius 1 is 0.938 bits per heavy atom. The first kappa shape index (κ1) is 22.6. The van der Waals surface area contributed by atoms with Crippen molar-refractivity contribution in [3.63, 3.8) is 0 Å². The molecule has 0 aliphatic carbocycles. The van der Waals surface area contributed by atoms with E-state index in [-0.39, 0.29) is 30.5 Å². The van der Waals surface area contributed by atoms with Crippen molar-refractivity contribution in [1.29, 1.82) is 0 Å². The van der Waals surface area contributed by atoms with Crippen molar-refractivity contribution in [1.82, 2.24) is 5.32 Å². The van der Waals surface area contributed by atoms with E-state index in [9.17, 15) is 14.4 Å². The molecule has 0 fully saturated rings. The molecule has 4 N–H and O–H groups in total. The van der Waals surface area contributed by atoms with Gasteiger partial charge in [-0.15, -0.1) is 0 Å². The molecule has 32 heavy (non-hydrogen) atoms. The van der Waals surface area contributed by atoms with Crippen molar-refractivity contribution in [3.05, 3.63) is 95.1 Å². The van der Waals surface area contributed by atoms with Crippen LogP contribution in [0.15, 0.2) is 72.8 Å². The summed E-state index contributed by atoms with van der Waals surface area (Å²) >= 11 is 0. The minimum atomic E-state index is -0.575. The van der Waals surface area contributed by atoms with Gasteiger partial charge in [-0.25, -0.2) is 0 Å². The number of nitrogens with one attached hydrogen (secondary N) is 2. The fraction of sp³-hybridized carbons (Fsp3) is 0.160. The van der Waals surface area contributed by atoms with Crippen molar-refractivity contribution >= 4 is 23.4 Å². The summed E-state index contributed by atoms with van der Waals surface area (Å²) in [5.41, 5.74) is 8.55. The third kappa shape index (κ3) is 5.95. The van der Waals surface area contributed by atoms with E-state index < -0.39 is 5.91 Å². The van der Waals surface area contributed by atoms with Gasteiger partial charge in [-0.05, 0) is 47.9 Å². The Labute approximate surface area is 186 Å². The van der Waals surface area contributed by atoms with E-state index in [1.54, 1.807) is 48.5 Å². The number of carbonyl (C=O) groups excluding carboxylic acids is 3.